The number of benzene rings is 2. The highest BCUT2D eigenvalue weighted by Crippen LogP contribution is 2.40. The van der Waals surface area contributed by atoms with Crippen LogP contribution in [0.4, 0.5) is 24.5 Å². The first kappa shape index (κ1) is 22.7. The Morgan fingerprint density at radius 1 is 1.21 bits per heavy atom. The molecule has 0 radical (unpaired) electrons. The van der Waals surface area contributed by atoms with Crippen LogP contribution in [0.15, 0.2) is 65.8 Å². The lowest BCUT2D eigenvalue weighted by Crippen LogP contribution is -2.32. The lowest BCUT2D eigenvalue weighted by Gasteiger charge is -2.24. The number of nitrogens with one attached hydrogen (secondary N) is 2. The van der Waals surface area contributed by atoms with E-state index in [1.54, 1.807) is 35.1 Å². The van der Waals surface area contributed by atoms with E-state index in [1.165, 1.54) is 6.07 Å². The van der Waals surface area contributed by atoms with Gasteiger partial charge in [-0.25, -0.2) is 0 Å². The molecule has 1 aliphatic heterocycles. The Labute approximate surface area is 191 Å². The molecule has 0 bridgehead atoms. The molecule has 1 aromatic heterocycles. The second-order valence-electron chi connectivity index (χ2n) is 7.20. The predicted molar refractivity (Wildman–Crippen MR) is 117 cm³/mol. The molecule has 1 atom stereocenters. The van der Waals surface area contributed by atoms with Crippen LogP contribution in [-0.4, -0.2) is 33.5 Å². The largest absolute Gasteiger partial charge is 0.492 e. The molecule has 0 saturated heterocycles. The van der Waals surface area contributed by atoms with Gasteiger partial charge in [0, 0.05) is 35.5 Å². The third kappa shape index (κ3) is 5.86. The summed E-state index contributed by atoms with van der Waals surface area (Å²) in [5.74, 6) is -0.344. The summed E-state index contributed by atoms with van der Waals surface area (Å²) >= 11 is 1.06. The van der Waals surface area contributed by atoms with Gasteiger partial charge < -0.3 is 15.4 Å². The van der Waals surface area contributed by atoms with Crippen molar-refractivity contribution < 1.29 is 27.5 Å². The van der Waals surface area contributed by atoms with Crippen LogP contribution < -0.4 is 15.4 Å². The molecule has 7 nitrogen and oxygen atoms in total. The van der Waals surface area contributed by atoms with Crippen molar-refractivity contribution in [2.24, 2.45) is 0 Å². The molecule has 11 heteroatoms. The number of hydrogen-bond acceptors (Lipinski definition) is 5. The number of hydrogen-bond donors (Lipinski definition) is 2. The first-order valence-corrected chi connectivity index (χ1v) is 10.8. The van der Waals surface area contributed by atoms with Crippen molar-refractivity contribution in [1.29, 1.82) is 0 Å². The van der Waals surface area contributed by atoms with Crippen LogP contribution in [0.3, 0.4) is 0 Å². The number of fused-ring (bicyclic) bond motifs is 1. The van der Waals surface area contributed by atoms with E-state index in [2.05, 4.69) is 15.7 Å². The van der Waals surface area contributed by atoms with Gasteiger partial charge in [-0.05, 0) is 36.4 Å². The van der Waals surface area contributed by atoms with Crippen molar-refractivity contribution in [3.05, 3.63) is 66.5 Å². The van der Waals surface area contributed by atoms with E-state index in [0.717, 1.165) is 23.9 Å². The number of carbonyl (C=O) groups is 2. The Bertz CT molecular complexity index is 1150. The second kappa shape index (κ2) is 9.57. The maximum absolute atomic E-state index is 12.9. The van der Waals surface area contributed by atoms with E-state index >= 15 is 0 Å². The summed E-state index contributed by atoms with van der Waals surface area (Å²) in [6, 6.07) is 11.8. The number of ether oxygens (including phenoxy) is 1. The van der Waals surface area contributed by atoms with Crippen LogP contribution in [0.1, 0.15) is 12.0 Å². The van der Waals surface area contributed by atoms with Crippen molar-refractivity contribution in [3.63, 3.8) is 0 Å². The summed E-state index contributed by atoms with van der Waals surface area (Å²) in [6.07, 6.45) is -1.13. The molecule has 0 spiro atoms. The number of thioether (sulfide) groups is 1. The molecule has 172 valence electrons. The Balaban J connectivity index is 1.33. The first-order chi connectivity index (χ1) is 15.8. The van der Waals surface area contributed by atoms with E-state index in [-0.39, 0.29) is 12.1 Å². The molecule has 3 aromatic rings. The van der Waals surface area contributed by atoms with Crippen molar-refractivity contribution >= 4 is 35.0 Å². The molecular weight excluding hydrogens is 457 g/mol. The summed E-state index contributed by atoms with van der Waals surface area (Å²) in [7, 11) is 0. The highest BCUT2D eigenvalue weighted by atomic mass is 32.2. The maximum atomic E-state index is 12.9. The Morgan fingerprint density at radius 2 is 2.06 bits per heavy atom. The molecule has 1 aliphatic rings. The van der Waals surface area contributed by atoms with E-state index in [9.17, 15) is 22.8 Å². The third-order valence-corrected chi connectivity index (χ3v) is 6.04. The fourth-order valence-electron chi connectivity index (χ4n) is 3.19. The van der Waals surface area contributed by atoms with Crippen LogP contribution >= 0.6 is 11.8 Å². The Kier molecular flexibility index (Phi) is 6.59. The smallest absolute Gasteiger partial charge is 0.416 e. The number of nitrogens with zero attached hydrogens (tertiary/aromatic N) is 2. The number of aromatic nitrogens is 2. The minimum Gasteiger partial charge on any atom is -0.492 e. The van der Waals surface area contributed by atoms with Crippen molar-refractivity contribution in [3.8, 4) is 5.75 Å². The van der Waals surface area contributed by atoms with Gasteiger partial charge >= 0.3 is 6.18 Å². The summed E-state index contributed by atoms with van der Waals surface area (Å²) in [6.45, 7) is 0.969. The minimum atomic E-state index is -4.50. The van der Waals surface area contributed by atoms with Crippen LogP contribution in [0.5, 0.6) is 5.75 Å². The molecule has 2 heterocycles. The second-order valence-corrected chi connectivity index (χ2v) is 8.45. The lowest BCUT2D eigenvalue weighted by atomic mass is 10.1. The molecule has 4 rings (SSSR count). The van der Waals surface area contributed by atoms with Crippen LogP contribution in [0.25, 0.3) is 0 Å². The zero-order chi connectivity index (χ0) is 23.4. The van der Waals surface area contributed by atoms with Crippen LogP contribution in [0, 0.1) is 0 Å². The molecule has 0 aliphatic carbocycles. The number of amides is 2. The number of halogens is 3. The zero-order valence-electron chi connectivity index (χ0n) is 17.1. The van der Waals surface area contributed by atoms with Gasteiger partial charge in [-0.1, -0.05) is 6.07 Å². The van der Waals surface area contributed by atoms with Crippen molar-refractivity contribution in [2.75, 3.05) is 17.2 Å². The number of anilines is 2. The number of rotatable bonds is 7. The lowest BCUT2D eigenvalue weighted by molar-refractivity contribution is -0.137. The fraction of sp³-hybridized carbons (Fsp3) is 0.227. The molecule has 0 fully saturated rings. The average molecular weight is 476 g/mol. The van der Waals surface area contributed by atoms with E-state index in [0.29, 0.717) is 29.5 Å². The van der Waals surface area contributed by atoms with E-state index in [4.69, 9.17) is 4.74 Å². The fourth-order valence-corrected chi connectivity index (χ4v) is 4.29. The topological polar surface area (TPSA) is 85.3 Å². The molecule has 2 N–H and O–H groups in total. The minimum absolute atomic E-state index is 0.0939. The molecule has 0 saturated carbocycles. The van der Waals surface area contributed by atoms with Crippen molar-refractivity contribution in [2.45, 2.75) is 29.3 Å². The van der Waals surface area contributed by atoms with Crippen molar-refractivity contribution in [1.82, 2.24) is 9.78 Å². The highest BCUT2D eigenvalue weighted by molar-refractivity contribution is 8.01. The van der Waals surface area contributed by atoms with Gasteiger partial charge in [0.15, 0.2) is 0 Å². The van der Waals surface area contributed by atoms with Gasteiger partial charge in [0.25, 0.3) is 0 Å². The van der Waals surface area contributed by atoms with Gasteiger partial charge in [-0.15, -0.1) is 11.8 Å². The SMILES string of the molecule is O=C(CC1Sc2ccc(C(F)(F)F)cc2NC1=O)Nc1cccc(OCCn2cccn2)c1. The van der Waals surface area contributed by atoms with Gasteiger partial charge in [0.2, 0.25) is 11.8 Å². The number of alkyl halides is 3. The molecule has 2 aromatic carbocycles. The Morgan fingerprint density at radius 3 is 2.82 bits per heavy atom. The van der Waals surface area contributed by atoms with Gasteiger partial charge in [0.1, 0.15) is 12.4 Å². The van der Waals surface area contributed by atoms with Crippen LogP contribution in [-0.2, 0) is 22.3 Å². The van der Waals surface area contributed by atoms with Gasteiger partial charge in [-0.3, -0.25) is 14.3 Å². The summed E-state index contributed by atoms with van der Waals surface area (Å²) in [5.41, 5.74) is -0.241. The summed E-state index contributed by atoms with van der Waals surface area (Å²) in [4.78, 5) is 25.3. The summed E-state index contributed by atoms with van der Waals surface area (Å²) in [5, 5.41) is 8.53. The van der Waals surface area contributed by atoms with Gasteiger partial charge in [0.05, 0.1) is 23.0 Å². The molecule has 1 unspecified atom stereocenters. The predicted octanol–water partition coefficient (Wildman–Crippen LogP) is 4.42. The maximum Gasteiger partial charge on any atom is 0.416 e. The molecular formula is C22H19F3N4O3S. The standard InChI is InChI=1S/C22H19F3N4O3S/c23-22(24,25)14-5-6-18-17(11-14)28-21(31)19(33-18)13-20(30)27-15-3-1-4-16(12-15)32-10-9-29-8-2-7-26-29/h1-8,11-12,19H,9-10,13H2,(H,27,30)(H,28,31). The van der Waals surface area contributed by atoms with Crippen LogP contribution in [0.2, 0.25) is 0 Å². The number of carbonyl (C=O) groups excluding carboxylic acids is 2. The Hall–Kier alpha value is -3.47. The summed E-state index contributed by atoms with van der Waals surface area (Å²) < 4.78 is 46.1. The quantitative estimate of drug-likeness (QED) is 0.527. The van der Waals surface area contributed by atoms with Gasteiger partial charge in [-0.2, -0.15) is 18.3 Å². The zero-order valence-corrected chi connectivity index (χ0v) is 17.9. The molecule has 2 amide bonds. The van der Waals surface area contributed by atoms with E-state index in [1.807, 2.05) is 12.3 Å². The molecule has 33 heavy (non-hydrogen) atoms. The van der Waals surface area contributed by atoms with E-state index < -0.39 is 28.8 Å². The average Bonchev–Trinajstić information content (AvgIpc) is 3.27. The monoisotopic (exact) mass is 476 g/mol. The normalized spacial score (nSPS) is 15.5. The highest BCUT2D eigenvalue weighted by Gasteiger charge is 2.34. The first-order valence-electron chi connectivity index (χ1n) is 9.97. The third-order valence-electron chi connectivity index (χ3n) is 4.76.